The zero-order valence-electron chi connectivity index (χ0n) is 13.5. The van der Waals surface area contributed by atoms with E-state index in [-0.39, 0.29) is 0 Å². The van der Waals surface area contributed by atoms with Crippen LogP contribution in [0.3, 0.4) is 0 Å². The van der Waals surface area contributed by atoms with Gasteiger partial charge in [-0.2, -0.15) is 0 Å². The van der Waals surface area contributed by atoms with Crippen molar-refractivity contribution in [3.63, 3.8) is 0 Å². The van der Waals surface area contributed by atoms with Crippen LogP contribution in [0.1, 0.15) is 55.3 Å². The first kappa shape index (κ1) is 15.6. The molecule has 1 atom stereocenters. The van der Waals surface area contributed by atoms with Crippen molar-refractivity contribution >= 4 is 5.69 Å². The van der Waals surface area contributed by atoms with Crippen molar-refractivity contribution in [2.24, 2.45) is 0 Å². The van der Waals surface area contributed by atoms with Gasteiger partial charge in [-0.05, 0) is 43.0 Å². The number of benzene rings is 2. The van der Waals surface area contributed by atoms with Gasteiger partial charge in [-0.25, -0.2) is 0 Å². The molecule has 0 heterocycles. The molecule has 112 valence electrons. The van der Waals surface area contributed by atoms with Crippen LogP contribution in [0.5, 0.6) is 0 Å². The SMILES string of the molecule is CCCCCC(Nc1cc(C)ccc1C)c1ccccc1. The van der Waals surface area contributed by atoms with E-state index in [0.29, 0.717) is 6.04 Å². The molecule has 0 aromatic heterocycles. The molecule has 21 heavy (non-hydrogen) atoms. The lowest BCUT2D eigenvalue weighted by Crippen LogP contribution is -2.11. The minimum Gasteiger partial charge on any atom is -0.378 e. The molecule has 0 amide bonds. The van der Waals surface area contributed by atoms with E-state index in [1.54, 1.807) is 0 Å². The zero-order chi connectivity index (χ0) is 15.1. The molecule has 0 radical (unpaired) electrons. The smallest absolute Gasteiger partial charge is 0.0513 e. The summed E-state index contributed by atoms with van der Waals surface area (Å²) in [5, 5.41) is 3.76. The second kappa shape index (κ2) is 7.87. The van der Waals surface area contributed by atoms with E-state index in [1.165, 1.54) is 48.1 Å². The maximum atomic E-state index is 3.76. The summed E-state index contributed by atoms with van der Waals surface area (Å²) in [6, 6.07) is 17.8. The van der Waals surface area contributed by atoms with Crippen LogP contribution < -0.4 is 5.32 Å². The summed E-state index contributed by atoms with van der Waals surface area (Å²) in [6.07, 6.45) is 5.03. The highest BCUT2D eigenvalue weighted by Crippen LogP contribution is 2.27. The number of hydrogen-bond donors (Lipinski definition) is 1. The highest BCUT2D eigenvalue weighted by atomic mass is 14.9. The normalized spacial score (nSPS) is 12.1. The Morgan fingerprint density at radius 3 is 2.43 bits per heavy atom. The molecular weight excluding hydrogens is 254 g/mol. The Morgan fingerprint density at radius 2 is 1.71 bits per heavy atom. The number of aryl methyl sites for hydroxylation is 2. The maximum absolute atomic E-state index is 3.76. The maximum Gasteiger partial charge on any atom is 0.0513 e. The van der Waals surface area contributed by atoms with Gasteiger partial charge in [0.2, 0.25) is 0 Å². The first-order valence-corrected chi connectivity index (χ1v) is 8.09. The lowest BCUT2D eigenvalue weighted by Gasteiger charge is -2.22. The van der Waals surface area contributed by atoms with Crippen LogP contribution in [-0.2, 0) is 0 Å². The molecule has 0 aliphatic rings. The van der Waals surface area contributed by atoms with E-state index in [1.807, 2.05) is 0 Å². The van der Waals surface area contributed by atoms with Gasteiger partial charge in [0.1, 0.15) is 0 Å². The molecule has 0 spiro atoms. The Morgan fingerprint density at radius 1 is 0.952 bits per heavy atom. The minimum absolute atomic E-state index is 0.401. The molecule has 0 aliphatic heterocycles. The minimum atomic E-state index is 0.401. The Kier molecular flexibility index (Phi) is 5.86. The third kappa shape index (κ3) is 4.63. The van der Waals surface area contributed by atoms with Crippen molar-refractivity contribution in [3.05, 3.63) is 65.2 Å². The first-order chi connectivity index (χ1) is 10.2. The molecule has 0 fully saturated rings. The Hall–Kier alpha value is -1.76. The van der Waals surface area contributed by atoms with Crippen molar-refractivity contribution in [2.45, 2.75) is 52.5 Å². The van der Waals surface area contributed by atoms with Crippen molar-refractivity contribution in [2.75, 3.05) is 5.32 Å². The van der Waals surface area contributed by atoms with Gasteiger partial charge in [0, 0.05) is 5.69 Å². The van der Waals surface area contributed by atoms with E-state index in [0.717, 1.165) is 0 Å². The van der Waals surface area contributed by atoms with Gasteiger partial charge < -0.3 is 5.32 Å². The Balaban J connectivity index is 2.17. The van der Waals surface area contributed by atoms with Gasteiger partial charge in [-0.1, -0.05) is 68.7 Å². The summed E-state index contributed by atoms with van der Waals surface area (Å²) < 4.78 is 0. The third-order valence-corrected chi connectivity index (χ3v) is 4.02. The lowest BCUT2D eigenvalue weighted by molar-refractivity contribution is 0.606. The predicted octanol–water partition coefficient (Wildman–Crippen LogP) is 6.04. The summed E-state index contributed by atoms with van der Waals surface area (Å²) in [6.45, 7) is 6.59. The summed E-state index contributed by atoms with van der Waals surface area (Å²) in [5.74, 6) is 0. The highest BCUT2D eigenvalue weighted by molar-refractivity contribution is 5.54. The number of anilines is 1. The fourth-order valence-electron chi connectivity index (χ4n) is 2.69. The molecule has 0 aliphatic carbocycles. The second-order valence-electron chi connectivity index (χ2n) is 5.92. The number of unbranched alkanes of at least 4 members (excludes halogenated alkanes) is 2. The van der Waals surface area contributed by atoms with Crippen LogP contribution in [0.2, 0.25) is 0 Å². The Bertz CT molecular complexity index is 545. The molecule has 2 rings (SSSR count). The molecular formula is C20H27N. The number of nitrogens with one attached hydrogen (secondary N) is 1. The fourth-order valence-corrected chi connectivity index (χ4v) is 2.69. The van der Waals surface area contributed by atoms with Gasteiger partial charge in [-0.15, -0.1) is 0 Å². The quantitative estimate of drug-likeness (QED) is 0.610. The standard InChI is InChI=1S/C20H27N/c1-4-5-7-12-19(18-10-8-6-9-11-18)21-20-15-16(2)13-14-17(20)3/h6,8-11,13-15,19,21H,4-5,7,12H2,1-3H3. The second-order valence-corrected chi connectivity index (χ2v) is 5.92. The van der Waals surface area contributed by atoms with Crippen LogP contribution in [0, 0.1) is 13.8 Å². The van der Waals surface area contributed by atoms with E-state index in [4.69, 9.17) is 0 Å². The predicted molar refractivity (Wildman–Crippen MR) is 92.9 cm³/mol. The third-order valence-electron chi connectivity index (χ3n) is 4.02. The molecule has 2 aromatic rings. The summed E-state index contributed by atoms with van der Waals surface area (Å²) >= 11 is 0. The molecule has 0 saturated heterocycles. The van der Waals surface area contributed by atoms with Gasteiger partial charge in [0.05, 0.1) is 6.04 Å². The van der Waals surface area contributed by atoms with Crippen molar-refractivity contribution in [1.29, 1.82) is 0 Å². The van der Waals surface area contributed by atoms with Crippen LogP contribution >= 0.6 is 0 Å². The van der Waals surface area contributed by atoms with Crippen molar-refractivity contribution in [3.8, 4) is 0 Å². The molecule has 2 aromatic carbocycles. The van der Waals surface area contributed by atoms with Gasteiger partial charge >= 0.3 is 0 Å². The van der Waals surface area contributed by atoms with Crippen LogP contribution in [0.25, 0.3) is 0 Å². The summed E-state index contributed by atoms with van der Waals surface area (Å²) in [5.41, 5.74) is 5.27. The van der Waals surface area contributed by atoms with Crippen molar-refractivity contribution < 1.29 is 0 Å². The number of hydrogen-bond acceptors (Lipinski definition) is 1. The monoisotopic (exact) mass is 281 g/mol. The van der Waals surface area contributed by atoms with Gasteiger partial charge in [0.15, 0.2) is 0 Å². The van der Waals surface area contributed by atoms with Crippen LogP contribution in [0.15, 0.2) is 48.5 Å². The van der Waals surface area contributed by atoms with Crippen molar-refractivity contribution in [1.82, 2.24) is 0 Å². The summed E-state index contributed by atoms with van der Waals surface area (Å²) in [4.78, 5) is 0. The molecule has 0 bridgehead atoms. The van der Waals surface area contributed by atoms with Gasteiger partial charge in [-0.3, -0.25) is 0 Å². The topological polar surface area (TPSA) is 12.0 Å². The van der Waals surface area contributed by atoms with E-state index in [9.17, 15) is 0 Å². The largest absolute Gasteiger partial charge is 0.378 e. The Labute approximate surface area is 129 Å². The van der Waals surface area contributed by atoms with Gasteiger partial charge in [0.25, 0.3) is 0 Å². The fraction of sp³-hybridized carbons (Fsp3) is 0.400. The highest BCUT2D eigenvalue weighted by Gasteiger charge is 2.12. The molecule has 1 unspecified atom stereocenters. The molecule has 0 saturated carbocycles. The molecule has 1 heteroatoms. The van der Waals surface area contributed by atoms with E-state index < -0.39 is 0 Å². The lowest BCUT2D eigenvalue weighted by atomic mass is 9.99. The van der Waals surface area contributed by atoms with E-state index >= 15 is 0 Å². The van der Waals surface area contributed by atoms with Crippen LogP contribution in [0.4, 0.5) is 5.69 Å². The molecule has 1 nitrogen and oxygen atoms in total. The number of rotatable bonds is 7. The zero-order valence-corrected chi connectivity index (χ0v) is 13.5. The molecule has 1 N–H and O–H groups in total. The van der Waals surface area contributed by atoms with E-state index in [2.05, 4.69) is 74.6 Å². The first-order valence-electron chi connectivity index (χ1n) is 8.09. The summed E-state index contributed by atoms with van der Waals surface area (Å²) in [7, 11) is 0. The average Bonchev–Trinajstić information content (AvgIpc) is 2.51. The van der Waals surface area contributed by atoms with Crippen LogP contribution in [-0.4, -0.2) is 0 Å². The average molecular weight is 281 g/mol.